The molecule has 0 spiro atoms. The van der Waals surface area contributed by atoms with Crippen molar-refractivity contribution in [2.45, 2.75) is 69.3 Å². The monoisotopic (exact) mass is 492 g/mol. The molecule has 0 aromatic heterocycles. The second kappa shape index (κ2) is 16.2. The Morgan fingerprint density at radius 2 is 1.45 bits per heavy atom. The van der Waals surface area contributed by atoms with Gasteiger partial charge in [-0.15, -0.1) is 0 Å². The fourth-order valence-corrected chi connectivity index (χ4v) is 3.17. The van der Waals surface area contributed by atoms with Gasteiger partial charge in [-0.25, -0.2) is 4.79 Å². The minimum Gasteiger partial charge on any atom is -0.480 e. The number of nitrogens with one attached hydrogen (secondary N) is 3. The lowest BCUT2D eigenvalue weighted by Crippen LogP contribution is -2.58. The summed E-state index contributed by atoms with van der Waals surface area (Å²) in [6, 6.07) is -5.08. The second-order valence-electron chi connectivity index (χ2n) is 7.52. The number of carboxylic acids is 1. The Hall–Kier alpha value is -2.42. The first kappa shape index (κ1) is 30.6. The van der Waals surface area contributed by atoms with Crippen molar-refractivity contribution in [3.63, 3.8) is 0 Å². The molecule has 190 valence electrons. The molecule has 4 amide bonds. The third-order valence-electron chi connectivity index (χ3n) is 4.67. The van der Waals surface area contributed by atoms with Gasteiger partial charge in [-0.2, -0.15) is 11.8 Å². The fourth-order valence-electron chi connectivity index (χ4n) is 2.70. The summed E-state index contributed by atoms with van der Waals surface area (Å²) in [4.78, 5) is 60.5. The molecule has 0 aromatic rings. The van der Waals surface area contributed by atoms with E-state index in [9.17, 15) is 34.2 Å². The molecule has 0 heterocycles. The Kier molecular flexibility index (Phi) is 15.0. The third-order valence-corrected chi connectivity index (χ3v) is 5.31. The van der Waals surface area contributed by atoms with E-state index in [1.807, 2.05) is 0 Å². The van der Waals surface area contributed by atoms with Gasteiger partial charge in [0.2, 0.25) is 23.6 Å². The fraction of sp³-hybridized carbons (Fsp3) is 0.737. The van der Waals surface area contributed by atoms with Crippen molar-refractivity contribution in [3.05, 3.63) is 0 Å². The molecule has 11 N–H and O–H groups in total. The highest BCUT2D eigenvalue weighted by atomic mass is 32.2. The van der Waals surface area contributed by atoms with Crippen LogP contribution in [0.25, 0.3) is 0 Å². The van der Waals surface area contributed by atoms with Gasteiger partial charge in [-0.05, 0) is 51.2 Å². The van der Waals surface area contributed by atoms with Gasteiger partial charge in [-0.3, -0.25) is 19.2 Å². The van der Waals surface area contributed by atoms with Crippen molar-refractivity contribution in [2.75, 3.05) is 18.6 Å². The van der Waals surface area contributed by atoms with E-state index >= 15 is 0 Å². The lowest BCUT2D eigenvalue weighted by molar-refractivity contribution is -0.142. The smallest absolute Gasteiger partial charge is 0.326 e. The minimum atomic E-state index is -1.44. The van der Waals surface area contributed by atoms with Crippen LogP contribution in [0.5, 0.6) is 0 Å². The molecule has 0 rings (SSSR count). The predicted molar refractivity (Wildman–Crippen MR) is 123 cm³/mol. The zero-order valence-electron chi connectivity index (χ0n) is 18.9. The number of carbonyl (C=O) groups is 5. The van der Waals surface area contributed by atoms with E-state index in [0.717, 1.165) is 0 Å². The maximum atomic E-state index is 12.8. The Bertz CT molecular complexity index is 679. The molecule has 0 radical (unpaired) electrons. The molecule has 0 saturated carbocycles. The number of aliphatic carboxylic acids is 1. The van der Waals surface area contributed by atoms with E-state index in [2.05, 4.69) is 16.0 Å². The molecule has 5 unspecified atom stereocenters. The molecule has 0 fully saturated rings. The van der Waals surface area contributed by atoms with E-state index < -0.39 is 66.3 Å². The van der Waals surface area contributed by atoms with Crippen molar-refractivity contribution in [1.29, 1.82) is 0 Å². The van der Waals surface area contributed by atoms with Crippen LogP contribution in [0.2, 0.25) is 0 Å². The summed E-state index contributed by atoms with van der Waals surface area (Å²) in [5.41, 5.74) is 16.1. The van der Waals surface area contributed by atoms with Crippen LogP contribution in [-0.2, 0) is 24.0 Å². The van der Waals surface area contributed by atoms with Crippen molar-refractivity contribution in [1.82, 2.24) is 16.0 Å². The van der Waals surface area contributed by atoms with Crippen LogP contribution in [0.1, 0.15) is 39.0 Å². The van der Waals surface area contributed by atoms with Gasteiger partial charge in [0.25, 0.3) is 0 Å². The number of aliphatic hydroxyl groups is 1. The van der Waals surface area contributed by atoms with Gasteiger partial charge in [0.1, 0.15) is 24.2 Å². The van der Waals surface area contributed by atoms with E-state index in [1.165, 1.54) is 18.7 Å². The number of hydrogen-bond acceptors (Lipinski definition) is 9. The van der Waals surface area contributed by atoms with Crippen molar-refractivity contribution in [3.8, 4) is 0 Å². The highest BCUT2D eigenvalue weighted by molar-refractivity contribution is 7.98. The number of amides is 4. The normalized spacial score (nSPS) is 15.4. The summed E-state index contributed by atoms with van der Waals surface area (Å²) in [6.45, 7) is 1.67. The molecular formula is C19H36N6O7S. The van der Waals surface area contributed by atoms with Crippen molar-refractivity contribution >= 4 is 41.4 Å². The van der Waals surface area contributed by atoms with Crippen LogP contribution in [0.15, 0.2) is 0 Å². The average molecular weight is 493 g/mol. The number of carboxylic acid groups (broad SMARTS) is 1. The van der Waals surface area contributed by atoms with Crippen LogP contribution in [0, 0.1) is 0 Å². The first-order valence-electron chi connectivity index (χ1n) is 10.5. The molecule has 0 bridgehead atoms. The van der Waals surface area contributed by atoms with Crippen LogP contribution in [0.4, 0.5) is 0 Å². The largest absolute Gasteiger partial charge is 0.480 e. The first-order valence-corrected chi connectivity index (χ1v) is 11.9. The molecule has 0 aromatic carbocycles. The topological polar surface area (TPSA) is 240 Å². The van der Waals surface area contributed by atoms with Gasteiger partial charge in [0.05, 0.1) is 12.5 Å². The summed E-state index contributed by atoms with van der Waals surface area (Å²) in [7, 11) is 0. The molecule has 0 aliphatic heterocycles. The van der Waals surface area contributed by atoms with Crippen LogP contribution in [-0.4, -0.2) is 88.6 Å². The Morgan fingerprint density at radius 3 is 1.94 bits per heavy atom. The summed E-state index contributed by atoms with van der Waals surface area (Å²) >= 11 is 1.40. The molecule has 0 saturated heterocycles. The van der Waals surface area contributed by atoms with E-state index in [-0.39, 0.29) is 12.8 Å². The molecule has 0 aliphatic carbocycles. The third kappa shape index (κ3) is 12.4. The lowest BCUT2D eigenvalue weighted by atomic mass is 10.1. The highest BCUT2D eigenvalue weighted by Gasteiger charge is 2.31. The number of thioether (sulfide) groups is 1. The Balaban J connectivity index is 5.43. The zero-order valence-corrected chi connectivity index (χ0v) is 19.7. The summed E-state index contributed by atoms with van der Waals surface area (Å²) in [5.74, 6) is -4.14. The number of rotatable bonds is 17. The van der Waals surface area contributed by atoms with Gasteiger partial charge in [0.15, 0.2) is 0 Å². The van der Waals surface area contributed by atoms with Gasteiger partial charge in [0, 0.05) is 0 Å². The summed E-state index contributed by atoms with van der Waals surface area (Å²) < 4.78 is 0. The highest BCUT2D eigenvalue weighted by Crippen LogP contribution is 2.06. The quantitative estimate of drug-likeness (QED) is 0.0956. The maximum Gasteiger partial charge on any atom is 0.326 e. The van der Waals surface area contributed by atoms with Crippen LogP contribution in [0.3, 0.4) is 0 Å². The van der Waals surface area contributed by atoms with E-state index in [4.69, 9.17) is 17.2 Å². The van der Waals surface area contributed by atoms with Crippen molar-refractivity contribution in [2.24, 2.45) is 17.2 Å². The lowest BCUT2D eigenvalue weighted by Gasteiger charge is -2.25. The molecule has 33 heavy (non-hydrogen) atoms. The van der Waals surface area contributed by atoms with Crippen LogP contribution < -0.4 is 33.2 Å². The minimum absolute atomic E-state index is 0.165. The first-order chi connectivity index (χ1) is 15.4. The number of aliphatic hydroxyl groups excluding tert-OH is 1. The standard InChI is InChI=1S/C19H36N6O7S/c1-10(26)15(22)18(30)25-13(9-14(21)27)17(29)23-11(6-8-33-2)16(28)24-12(19(31)32)5-3-4-7-20/h10-13,15,26H,3-9,20,22H2,1-2H3,(H2,21,27)(H,23,29)(H,24,28)(H,25,30)(H,31,32). The molecule has 13 nitrogen and oxygen atoms in total. The van der Waals surface area contributed by atoms with E-state index in [0.29, 0.717) is 25.1 Å². The number of nitrogens with two attached hydrogens (primary N) is 3. The average Bonchev–Trinajstić information content (AvgIpc) is 2.73. The number of hydrogen-bond donors (Lipinski definition) is 8. The van der Waals surface area contributed by atoms with Gasteiger partial charge < -0.3 is 43.4 Å². The SMILES string of the molecule is CSCCC(NC(=O)C(CC(N)=O)NC(=O)C(N)C(C)O)C(=O)NC(CCCCN)C(=O)O. The molecule has 14 heteroatoms. The Morgan fingerprint density at radius 1 is 0.909 bits per heavy atom. The maximum absolute atomic E-state index is 12.8. The Labute approximate surface area is 196 Å². The molecule has 5 atom stereocenters. The summed E-state index contributed by atoms with van der Waals surface area (Å²) in [5, 5.41) is 25.9. The molecular weight excluding hydrogens is 456 g/mol. The number of primary amides is 1. The predicted octanol–water partition coefficient (Wildman–Crippen LogP) is -3.01. The summed E-state index contributed by atoms with van der Waals surface area (Å²) in [6.07, 6.45) is 1.42. The van der Waals surface area contributed by atoms with Crippen LogP contribution >= 0.6 is 11.8 Å². The van der Waals surface area contributed by atoms with Gasteiger partial charge in [-0.1, -0.05) is 0 Å². The van der Waals surface area contributed by atoms with Gasteiger partial charge >= 0.3 is 5.97 Å². The van der Waals surface area contributed by atoms with E-state index in [1.54, 1.807) is 6.26 Å². The second-order valence-corrected chi connectivity index (χ2v) is 8.51. The number of unbranched alkanes of at least 4 members (excludes halogenated alkanes) is 1. The zero-order chi connectivity index (χ0) is 25.6. The molecule has 0 aliphatic rings. The number of carbonyl (C=O) groups excluding carboxylic acids is 4. The van der Waals surface area contributed by atoms with Crippen molar-refractivity contribution < 1.29 is 34.2 Å².